The van der Waals surface area contributed by atoms with E-state index >= 15 is 0 Å². The molecule has 2 atom stereocenters. The molecule has 1 aromatic heterocycles. The van der Waals surface area contributed by atoms with Crippen LogP contribution < -0.4 is 5.32 Å². The standard InChI is InChI=1S/C14H17Cl2N3/c1-10(8-19-7-6-17-9-19)18-11(2)12-4-3-5-13(15)14(12)16/h3-7,9-11,18H,8H2,1-2H3. The van der Waals surface area contributed by atoms with Gasteiger partial charge in [0.25, 0.3) is 0 Å². The Morgan fingerprint density at radius 3 is 2.79 bits per heavy atom. The number of benzene rings is 1. The predicted molar refractivity (Wildman–Crippen MR) is 79.7 cm³/mol. The molecule has 0 saturated carbocycles. The largest absolute Gasteiger partial charge is 0.336 e. The minimum Gasteiger partial charge on any atom is -0.336 e. The lowest BCUT2D eigenvalue weighted by atomic mass is 10.1. The molecule has 0 radical (unpaired) electrons. The molecular weight excluding hydrogens is 281 g/mol. The molecule has 0 saturated heterocycles. The summed E-state index contributed by atoms with van der Waals surface area (Å²) in [6, 6.07) is 6.16. The van der Waals surface area contributed by atoms with Crippen LogP contribution in [0.4, 0.5) is 0 Å². The van der Waals surface area contributed by atoms with Crippen molar-refractivity contribution in [3.05, 3.63) is 52.5 Å². The summed E-state index contributed by atoms with van der Waals surface area (Å²) in [5.41, 5.74) is 1.02. The maximum Gasteiger partial charge on any atom is 0.0946 e. The van der Waals surface area contributed by atoms with Gasteiger partial charge in [-0.05, 0) is 25.5 Å². The molecule has 0 bridgehead atoms. The summed E-state index contributed by atoms with van der Waals surface area (Å²) in [5, 5.41) is 4.73. The second-order valence-corrected chi connectivity index (χ2v) is 5.48. The van der Waals surface area contributed by atoms with Gasteiger partial charge in [-0.15, -0.1) is 0 Å². The molecule has 0 spiro atoms. The van der Waals surface area contributed by atoms with Gasteiger partial charge in [-0.2, -0.15) is 0 Å². The number of imidazole rings is 1. The average molecular weight is 298 g/mol. The van der Waals surface area contributed by atoms with E-state index in [1.54, 1.807) is 12.3 Å². The van der Waals surface area contributed by atoms with Crippen molar-refractivity contribution in [3.8, 4) is 0 Å². The first-order chi connectivity index (χ1) is 9.08. The Hall–Kier alpha value is -1.03. The number of hydrogen-bond donors (Lipinski definition) is 1. The van der Waals surface area contributed by atoms with Crippen LogP contribution in [0.1, 0.15) is 25.5 Å². The molecule has 1 heterocycles. The molecule has 2 unspecified atom stereocenters. The maximum atomic E-state index is 6.23. The van der Waals surface area contributed by atoms with E-state index in [9.17, 15) is 0 Å². The summed E-state index contributed by atoms with van der Waals surface area (Å²) < 4.78 is 2.05. The summed E-state index contributed by atoms with van der Waals surface area (Å²) in [7, 11) is 0. The van der Waals surface area contributed by atoms with Crippen LogP contribution in [0.25, 0.3) is 0 Å². The Morgan fingerprint density at radius 1 is 1.32 bits per heavy atom. The third-order valence-corrected chi connectivity index (χ3v) is 3.86. The van der Waals surface area contributed by atoms with Gasteiger partial charge in [-0.1, -0.05) is 35.3 Å². The third-order valence-electron chi connectivity index (χ3n) is 3.03. The van der Waals surface area contributed by atoms with Crippen molar-refractivity contribution in [2.45, 2.75) is 32.5 Å². The van der Waals surface area contributed by atoms with Crippen molar-refractivity contribution in [2.24, 2.45) is 0 Å². The quantitative estimate of drug-likeness (QED) is 0.906. The zero-order chi connectivity index (χ0) is 13.8. The summed E-state index contributed by atoms with van der Waals surface area (Å²) in [4.78, 5) is 4.03. The molecule has 0 amide bonds. The lowest BCUT2D eigenvalue weighted by Gasteiger charge is -2.21. The molecule has 102 valence electrons. The second-order valence-electron chi connectivity index (χ2n) is 4.69. The number of nitrogens with one attached hydrogen (secondary N) is 1. The second kappa shape index (κ2) is 6.42. The number of aromatic nitrogens is 2. The monoisotopic (exact) mass is 297 g/mol. The molecule has 0 aliphatic heterocycles. The van der Waals surface area contributed by atoms with Crippen LogP contribution in [-0.2, 0) is 6.54 Å². The van der Waals surface area contributed by atoms with Crippen molar-refractivity contribution in [1.82, 2.24) is 14.9 Å². The topological polar surface area (TPSA) is 29.9 Å². The van der Waals surface area contributed by atoms with Gasteiger partial charge in [0, 0.05) is 31.0 Å². The van der Waals surface area contributed by atoms with E-state index in [4.69, 9.17) is 23.2 Å². The minimum absolute atomic E-state index is 0.143. The molecule has 1 aromatic carbocycles. The molecule has 1 N–H and O–H groups in total. The van der Waals surface area contributed by atoms with Crippen molar-refractivity contribution >= 4 is 23.2 Å². The highest BCUT2D eigenvalue weighted by molar-refractivity contribution is 6.42. The van der Waals surface area contributed by atoms with Gasteiger partial charge in [0.05, 0.1) is 16.4 Å². The fourth-order valence-corrected chi connectivity index (χ4v) is 2.61. The zero-order valence-electron chi connectivity index (χ0n) is 11.0. The van der Waals surface area contributed by atoms with Crippen molar-refractivity contribution < 1.29 is 0 Å². The number of halogens is 2. The van der Waals surface area contributed by atoms with E-state index in [1.165, 1.54) is 0 Å². The first kappa shape index (κ1) is 14.4. The number of nitrogens with zero attached hydrogens (tertiary/aromatic N) is 2. The first-order valence-electron chi connectivity index (χ1n) is 6.23. The van der Waals surface area contributed by atoms with Crippen LogP contribution >= 0.6 is 23.2 Å². The Morgan fingerprint density at radius 2 is 2.11 bits per heavy atom. The zero-order valence-corrected chi connectivity index (χ0v) is 12.5. The van der Waals surface area contributed by atoms with Crippen LogP contribution in [-0.4, -0.2) is 15.6 Å². The average Bonchev–Trinajstić information content (AvgIpc) is 2.85. The van der Waals surface area contributed by atoms with Gasteiger partial charge in [-0.3, -0.25) is 0 Å². The van der Waals surface area contributed by atoms with E-state index in [-0.39, 0.29) is 6.04 Å². The maximum absolute atomic E-state index is 6.23. The van der Waals surface area contributed by atoms with Gasteiger partial charge in [0.15, 0.2) is 0 Å². The molecule has 2 rings (SSSR count). The Labute approximate surface area is 123 Å². The van der Waals surface area contributed by atoms with E-state index < -0.39 is 0 Å². The van der Waals surface area contributed by atoms with Gasteiger partial charge >= 0.3 is 0 Å². The van der Waals surface area contributed by atoms with Crippen LogP contribution in [0, 0.1) is 0 Å². The Bertz CT molecular complexity index is 525. The van der Waals surface area contributed by atoms with E-state index in [1.807, 2.05) is 29.2 Å². The summed E-state index contributed by atoms with van der Waals surface area (Å²) in [5.74, 6) is 0. The predicted octanol–water partition coefficient (Wildman–Crippen LogP) is 3.93. The highest BCUT2D eigenvalue weighted by Crippen LogP contribution is 2.29. The van der Waals surface area contributed by atoms with Crippen LogP contribution in [0.2, 0.25) is 10.0 Å². The SMILES string of the molecule is CC(Cn1ccnc1)NC(C)c1cccc(Cl)c1Cl. The van der Waals surface area contributed by atoms with E-state index in [2.05, 4.69) is 24.1 Å². The van der Waals surface area contributed by atoms with Crippen LogP contribution in [0.3, 0.4) is 0 Å². The summed E-state index contributed by atoms with van der Waals surface area (Å²) in [6.07, 6.45) is 5.55. The molecule has 3 nitrogen and oxygen atoms in total. The molecule has 2 aromatic rings. The van der Waals surface area contributed by atoms with Gasteiger partial charge in [0.2, 0.25) is 0 Å². The molecular formula is C14H17Cl2N3. The minimum atomic E-state index is 0.143. The Kier molecular flexibility index (Phi) is 4.86. The molecule has 0 fully saturated rings. The molecule has 0 aliphatic rings. The van der Waals surface area contributed by atoms with Gasteiger partial charge in [-0.25, -0.2) is 4.98 Å². The van der Waals surface area contributed by atoms with Crippen molar-refractivity contribution in [3.63, 3.8) is 0 Å². The highest BCUT2D eigenvalue weighted by atomic mass is 35.5. The van der Waals surface area contributed by atoms with Crippen LogP contribution in [0.15, 0.2) is 36.9 Å². The molecule has 5 heteroatoms. The fraction of sp³-hybridized carbons (Fsp3) is 0.357. The lowest BCUT2D eigenvalue weighted by molar-refractivity contribution is 0.430. The highest BCUT2D eigenvalue weighted by Gasteiger charge is 2.14. The number of rotatable bonds is 5. The van der Waals surface area contributed by atoms with Crippen LogP contribution in [0.5, 0.6) is 0 Å². The van der Waals surface area contributed by atoms with Gasteiger partial charge in [0.1, 0.15) is 0 Å². The van der Waals surface area contributed by atoms with Crippen molar-refractivity contribution in [1.29, 1.82) is 0 Å². The lowest BCUT2D eigenvalue weighted by Crippen LogP contribution is -2.32. The number of hydrogen-bond acceptors (Lipinski definition) is 2. The summed E-state index contributed by atoms with van der Waals surface area (Å²) in [6.45, 7) is 5.08. The normalized spacial score (nSPS) is 14.3. The summed E-state index contributed by atoms with van der Waals surface area (Å²) >= 11 is 12.3. The van der Waals surface area contributed by atoms with Crippen molar-refractivity contribution in [2.75, 3.05) is 0 Å². The molecule has 19 heavy (non-hydrogen) atoms. The van der Waals surface area contributed by atoms with E-state index in [0.717, 1.165) is 12.1 Å². The smallest absolute Gasteiger partial charge is 0.0946 e. The first-order valence-corrected chi connectivity index (χ1v) is 6.99. The van der Waals surface area contributed by atoms with E-state index in [0.29, 0.717) is 16.1 Å². The van der Waals surface area contributed by atoms with Gasteiger partial charge < -0.3 is 9.88 Å². The Balaban J connectivity index is 2.00. The fourth-order valence-electron chi connectivity index (χ4n) is 2.14. The molecule has 0 aliphatic carbocycles. The third kappa shape index (κ3) is 3.72.